The molecule has 0 saturated carbocycles. The van der Waals surface area contributed by atoms with E-state index in [1.54, 1.807) is 32.6 Å². The molecular formula is C31H39N5O7. The van der Waals surface area contributed by atoms with Crippen molar-refractivity contribution in [1.82, 2.24) is 25.1 Å². The highest BCUT2D eigenvalue weighted by molar-refractivity contribution is 5.98. The number of ketones is 1. The van der Waals surface area contributed by atoms with Crippen LogP contribution in [0.25, 0.3) is 0 Å². The lowest BCUT2D eigenvalue weighted by Gasteiger charge is -2.31. The number of aliphatic carboxylic acids is 1. The van der Waals surface area contributed by atoms with Crippen molar-refractivity contribution in [3.63, 3.8) is 0 Å². The third-order valence-corrected chi connectivity index (χ3v) is 8.11. The summed E-state index contributed by atoms with van der Waals surface area (Å²) in [5, 5.41) is 12.7. The standard InChI is InChI=1S/C31H39N5O7/c1-18(2)23(14-26(37)24-15-32-10-11-33-24)28(38)34-27(19(3)4)29(39)36-17-22(13-25(36)30(40)41)43-31(42)35-12-9-20-7-5-6-8-21(20)16-35/h5-8,10-11,15,18-19,22-23,25,27H,9,12-14,16-17H2,1-4H3,(H,34,38)(H,40,41)/t22?,23-,25?,27-/m0/s1. The van der Waals surface area contributed by atoms with E-state index in [1.165, 1.54) is 29.1 Å². The van der Waals surface area contributed by atoms with Gasteiger partial charge >= 0.3 is 12.1 Å². The number of carbonyl (C=O) groups excluding carboxylic acids is 4. The lowest BCUT2D eigenvalue weighted by Crippen LogP contribution is -2.55. The number of hydrogen-bond acceptors (Lipinski definition) is 8. The van der Waals surface area contributed by atoms with Crippen molar-refractivity contribution in [2.75, 3.05) is 13.1 Å². The second kappa shape index (κ2) is 13.7. The highest BCUT2D eigenvalue weighted by atomic mass is 16.6. The molecule has 3 amide bonds. The molecule has 12 nitrogen and oxygen atoms in total. The largest absolute Gasteiger partial charge is 0.480 e. The maximum atomic E-state index is 13.8. The SMILES string of the molecule is CC(C)[C@H](CC(=O)c1cnccn1)C(=O)N[C@H](C(=O)N1CC(OC(=O)N2CCc3ccccc3C2)CC1C(=O)O)C(C)C. The van der Waals surface area contributed by atoms with Gasteiger partial charge < -0.3 is 25.0 Å². The predicted octanol–water partition coefficient (Wildman–Crippen LogP) is 2.71. The van der Waals surface area contributed by atoms with Crippen molar-refractivity contribution in [2.24, 2.45) is 17.8 Å². The first-order valence-electron chi connectivity index (χ1n) is 14.6. The van der Waals surface area contributed by atoms with Gasteiger partial charge in [-0.25, -0.2) is 14.6 Å². The number of rotatable bonds is 10. The Morgan fingerprint density at radius 2 is 1.77 bits per heavy atom. The molecule has 1 fully saturated rings. The zero-order valence-corrected chi connectivity index (χ0v) is 24.9. The van der Waals surface area contributed by atoms with E-state index >= 15 is 0 Å². The highest BCUT2D eigenvalue weighted by Gasteiger charge is 2.45. The summed E-state index contributed by atoms with van der Waals surface area (Å²) in [4.78, 5) is 75.8. The lowest BCUT2D eigenvalue weighted by atomic mass is 9.88. The van der Waals surface area contributed by atoms with Crippen LogP contribution in [0, 0.1) is 17.8 Å². The Kier molecular flexibility index (Phi) is 10.1. The maximum Gasteiger partial charge on any atom is 0.410 e. The van der Waals surface area contributed by atoms with Crippen LogP contribution in [0.1, 0.15) is 62.2 Å². The summed E-state index contributed by atoms with van der Waals surface area (Å²) in [5.41, 5.74) is 2.36. The van der Waals surface area contributed by atoms with Crippen LogP contribution in [0.4, 0.5) is 4.79 Å². The molecule has 43 heavy (non-hydrogen) atoms. The van der Waals surface area contributed by atoms with Crippen molar-refractivity contribution >= 4 is 29.7 Å². The average Bonchev–Trinajstić information content (AvgIpc) is 3.42. The number of aromatic nitrogens is 2. The van der Waals surface area contributed by atoms with Gasteiger partial charge in [-0.2, -0.15) is 0 Å². The molecule has 0 bridgehead atoms. The second-order valence-electron chi connectivity index (χ2n) is 11.8. The number of nitrogens with zero attached hydrogens (tertiary/aromatic N) is 4. The van der Waals surface area contributed by atoms with Gasteiger partial charge in [-0.05, 0) is 29.4 Å². The monoisotopic (exact) mass is 593 g/mol. The van der Waals surface area contributed by atoms with E-state index < -0.39 is 48.0 Å². The molecule has 2 aliphatic heterocycles. The first-order valence-corrected chi connectivity index (χ1v) is 14.6. The molecule has 1 aromatic carbocycles. The minimum Gasteiger partial charge on any atom is -0.480 e. The van der Waals surface area contributed by atoms with E-state index in [4.69, 9.17) is 4.74 Å². The van der Waals surface area contributed by atoms with E-state index in [0.29, 0.717) is 19.5 Å². The summed E-state index contributed by atoms with van der Waals surface area (Å²) in [7, 11) is 0. The van der Waals surface area contributed by atoms with E-state index in [1.807, 2.05) is 24.3 Å². The average molecular weight is 594 g/mol. The minimum absolute atomic E-state index is 0.0583. The maximum absolute atomic E-state index is 13.8. The van der Waals surface area contributed by atoms with Gasteiger partial charge in [0.25, 0.3) is 0 Å². The fourth-order valence-electron chi connectivity index (χ4n) is 5.56. The van der Waals surface area contributed by atoms with Gasteiger partial charge in [0, 0.05) is 44.2 Å². The molecular weight excluding hydrogens is 554 g/mol. The van der Waals surface area contributed by atoms with E-state index in [2.05, 4.69) is 15.3 Å². The lowest BCUT2D eigenvalue weighted by molar-refractivity contribution is -0.150. The van der Waals surface area contributed by atoms with Gasteiger partial charge in [0.1, 0.15) is 23.9 Å². The quantitative estimate of drug-likeness (QED) is 0.395. The van der Waals surface area contributed by atoms with Gasteiger partial charge in [-0.1, -0.05) is 52.0 Å². The Balaban J connectivity index is 1.42. The zero-order valence-electron chi connectivity index (χ0n) is 24.9. The summed E-state index contributed by atoms with van der Waals surface area (Å²) < 4.78 is 5.70. The summed E-state index contributed by atoms with van der Waals surface area (Å²) in [6.07, 6.45) is 3.32. The molecule has 2 N–H and O–H groups in total. The number of nitrogens with one attached hydrogen (secondary N) is 1. The Labute approximate surface area is 250 Å². The second-order valence-corrected chi connectivity index (χ2v) is 11.8. The smallest absolute Gasteiger partial charge is 0.410 e. The Bertz CT molecular complexity index is 1350. The number of carbonyl (C=O) groups is 5. The third-order valence-electron chi connectivity index (χ3n) is 8.11. The van der Waals surface area contributed by atoms with Gasteiger partial charge in [0.05, 0.1) is 12.7 Å². The normalized spacial score (nSPS) is 19.5. The predicted molar refractivity (Wildman–Crippen MR) is 155 cm³/mol. The summed E-state index contributed by atoms with van der Waals surface area (Å²) >= 11 is 0. The summed E-state index contributed by atoms with van der Waals surface area (Å²) in [6, 6.07) is 5.59. The number of amides is 3. The van der Waals surface area contributed by atoms with Crippen LogP contribution in [-0.4, -0.2) is 85.8 Å². The van der Waals surface area contributed by atoms with Crippen molar-refractivity contribution < 1.29 is 33.8 Å². The number of carboxylic acid groups (broad SMARTS) is 1. The molecule has 230 valence electrons. The van der Waals surface area contributed by atoms with E-state index in [-0.39, 0.29) is 42.7 Å². The molecule has 0 aliphatic carbocycles. The molecule has 2 aliphatic rings. The van der Waals surface area contributed by atoms with E-state index in [9.17, 15) is 29.1 Å². The fourth-order valence-corrected chi connectivity index (χ4v) is 5.56. The topological polar surface area (TPSA) is 159 Å². The number of hydrogen-bond donors (Lipinski definition) is 2. The highest BCUT2D eigenvalue weighted by Crippen LogP contribution is 2.26. The molecule has 4 rings (SSSR count). The number of likely N-dealkylation sites (tertiary alicyclic amines) is 1. The number of Topliss-reactive ketones (excluding diaryl/α,β-unsaturated/α-hetero) is 1. The molecule has 1 saturated heterocycles. The van der Waals surface area contributed by atoms with Crippen LogP contribution in [-0.2, 0) is 32.1 Å². The Hall–Kier alpha value is -4.35. The first-order chi connectivity index (χ1) is 20.5. The van der Waals surface area contributed by atoms with Crippen molar-refractivity contribution in [3.05, 3.63) is 59.7 Å². The van der Waals surface area contributed by atoms with Crippen LogP contribution in [0.3, 0.4) is 0 Å². The van der Waals surface area contributed by atoms with Crippen molar-refractivity contribution in [1.29, 1.82) is 0 Å². The van der Waals surface area contributed by atoms with Gasteiger partial charge in [0.2, 0.25) is 11.8 Å². The molecule has 2 aromatic rings. The van der Waals surface area contributed by atoms with Crippen LogP contribution in [0.15, 0.2) is 42.9 Å². The van der Waals surface area contributed by atoms with Gasteiger partial charge in [-0.15, -0.1) is 0 Å². The molecule has 12 heteroatoms. The fraction of sp³-hybridized carbons (Fsp3) is 0.516. The van der Waals surface area contributed by atoms with Crippen LogP contribution < -0.4 is 5.32 Å². The molecule has 1 aromatic heterocycles. The molecule has 3 heterocycles. The number of ether oxygens (including phenoxy) is 1. The number of benzene rings is 1. The third kappa shape index (κ3) is 7.54. The number of carboxylic acids is 1. The summed E-state index contributed by atoms with van der Waals surface area (Å²) in [5.74, 6) is -4.00. The molecule has 0 radical (unpaired) electrons. The number of fused-ring (bicyclic) bond motifs is 1. The molecule has 4 atom stereocenters. The van der Waals surface area contributed by atoms with Gasteiger partial charge in [0.15, 0.2) is 5.78 Å². The van der Waals surface area contributed by atoms with Crippen molar-refractivity contribution in [3.8, 4) is 0 Å². The Morgan fingerprint density at radius 1 is 1.05 bits per heavy atom. The summed E-state index contributed by atoms with van der Waals surface area (Å²) in [6.45, 7) is 7.87. The molecule has 2 unspecified atom stereocenters. The zero-order chi connectivity index (χ0) is 31.3. The van der Waals surface area contributed by atoms with Crippen LogP contribution in [0.5, 0.6) is 0 Å². The Morgan fingerprint density at radius 3 is 2.40 bits per heavy atom. The van der Waals surface area contributed by atoms with Crippen LogP contribution >= 0.6 is 0 Å². The first kappa shape index (κ1) is 31.6. The van der Waals surface area contributed by atoms with Gasteiger partial charge in [-0.3, -0.25) is 19.4 Å². The minimum atomic E-state index is -1.22. The molecule has 0 spiro atoms. The van der Waals surface area contributed by atoms with E-state index in [0.717, 1.165) is 5.56 Å². The van der Waals surface area contributed by atoms with Crippen LogP contribution in [0.2, 0.25) is 0 Å². The van der Waals surface area contributed by atoms with Crippen molar-refractivity contribution in [2.45, 2.75) is 71.7 Å².